The lowest BCUT2D eigenvalue weighted by Gasteiger charge is -2.28. The average molecular weight is 429 g/mol. The lowest BCUT2D eigenvalue weighted by molar-refractivity contribution is -0.131. The first-order chi connectivity index (χ1) is 15.6. The van der Waals surface area contributed by atoms with E-state index in [1.165, 1.54) is 11.1 Å². The van der Waals surface area contributed by atoms with Gasteiger partial charge < -0.3 is 10.2 Å². The van der Waals surface area contributed by atoms with E-state index in [4.69, 9.17) is 0 Å². The van der Waals surface area contributed by atoms with Crippen LogP contribution in [0, 0.1) is 6.92 Å². The Morgan fingerprint density at radius 2 is 1.94 bits per heavy atom. The minimum Gasteiger partial charge on any atom is -0.344 e. The first kappa shape index (κ1) is 20.5. The molecule has 3 aromatic rings. The van der Waals surface area contributed by atoms with Gasteiger partial charge in [0.05, 0.1) is 12.5 Å². The van der Waals surface area contributed by atoms with E-state index in [0.717, 1.165) is 41.6 Å². The maximum absolute atomic E-state index is 13.2. The smallest absolute Gasteiger partial charge is 0.272 e. The average Bonchev–Trinajstić information content (AvgIpc) is 3.24. The van der Waals surface area contributed by atoms with Gasteiger partial charge in [0.15, 0.2) is 5.69 Å². The number of H-pyrrole nitrogens is 1. The van der Waals surface area contributed by atoms with Crippen LogP contribution in [-0.2, 0) is 30.6 Å². The quantitative estimate of drug-likeness (QED) is 0.666. The predicted molar refractivity (Wildman–Crippen MR) is 122 cm³/mol. The van der Waals surface area contributed by atoms with Crippen molar-refractivity contribution in [2.75, 3.05) is 6.54 Å². The zero-order chi connectivity index (χ0) is 22.1. The summed E-state index contributed by atoms with van der Waals surface area (Å²) in [4.78, 5) is 28.0. The number of hydrogen-bond donors (Lipinski definition) is 2. The van der Waals surface area contributed by atoms with Gasteiger partial charge in [-0.2, -0.15) is 5.10 Å². The summed E-state index contributed by atoms with van der Waals surface area (Å²) in [6, 6.07) is 16.3. The molecule has 0 unspecified atom stereocenters. The molecule has 2 aliphatic rings. The van der Waals surface area contributed by atoms with E-state index in [-0.39, 0.29) is 17.9 Å². The Balaban J connectivity index is 1.31. The van der Waals surface area contributed by atoms with Crippen molar-refractivity contribution >= 4 is 11.8 Å². The zero-order valence-electron chi connectivity index (χ0n) is 18.4. The normalized spacial score (nSPS) is 17.4. The van der Waals surface area contributed by atoms with Gasteiger partial charge in [-0.1, -0.05) is 48.5 Å². The van der Waals surface area contributed by atoms with Gasteiger partial charge in [0.2, 0.25) is 5.91 Å². The molecular formula is C26H28N4O2. The minimum absolute atomic E-state index is 0.00202. The molecule has 0 saturated heterocycles. The molecule has 1 aliphatic heterocycles. The van der Waals surface area contributed by atoms with E-state index in [2.05, 4.69) is 33.7 Å². The second-order valence-electron chi connectivity index (χ2n) is 8.81. The van der Waals surface area contributed by atoms with Gasteiger partial charge in [-0.05, 0) is 48.4 Å². The molecule has 0 fully saturated rings. The first-order valence-corrected chi connectivity index (χ1v) is 11.4. The van der Waals surface area contributed by atoms with E-state index < -0.39 is 0 Å². The van der Waals surface area contributed by atoms with Crippen LogP contribution in [0.2, 0.25) is 0 Å². The maximum atomic E-state index is 13.2. The van der Waals surface area contributed by atoms with Gasteiger partial charge in [-0.15, -0.1) is 0 Å². The number of nitrogens with one attached hydrogen (secondary N) is 2. The van der Waals surface area contributed by atoms with Crippen LogP contribution in [0.4, 0.5) is 0 Å². The first-order valence-electron chi connectivity index (χ1n) is 11.4. The Kier molecular flexibility index (Phi) is 5.52. The predicted octanol–water partition coefficient (Wildman–Crippen LogP) is 3.65. The molecule has 2 amide bonds. The Bertz CT molecular complexity index is 1170. The Hall–Kier alpha value is -3.41. The summed E-state index contributed by atoms with van der Waals surface area (Å²) in [5.74, 6) is -0.0869. The van der Waals surface area contributed by atoms with Crippen LogP contribution < -0.4 is 5.32 Å². The van der Waals surface area contributed by atoms with Crippen LogP contribution in [0.15, 0.2) is 48.5 Å². The lowest BCUT2D eigenvalue weighted by atomic mass is 9.87. The molecule has 1 aromatic heterocycles. The summed E-state index contributed by atoms with van der Waals surface area (Å²) in [5, 5.41) is 10.6. The number of benzene rings is 2. The maximum Gasteiger partial charge on any atom is 0.272 e. The van der Waals surface area contributed by atoms with E-state index in [9.17, 15) is 9.59 Å². The highest BCUT2D eigenvalue weighted by atomic mass is 16.2. The van der Waals surface area contributed by atoms with Gasteiger partial charge in [0, 0.05) is 30.8 Å². The number of aryl methyl sites for hydroxylation is 2. The second kappa shape index (κ2) is 8.61. The Morgan fingerprint density at radius 1 is 1.12 bits per heavy atom. The standard InChI is InChI=1S/C26H28N4O2/c1-17-7-2-3-9-19(17)15-24(31)30-14-13-23-21(16-30)25(29-28-23)26(32)27-22-12-6-10-18-8-4-5-11-20(18)22/h2-5,7-9,11,22H,6,10,12-16H2,1H3,(H,27,32)(H,28,29)/t22-/m0/s1. The van der Waals surface area contributed by atoms with Gasteiger partial charge >= 0.3 is 0 Å². The minimum atomic E-state index is -0.169. The van der Waals surface area contributed by atoms with Crippen LogP contribution in [0.5, 0.6) is 0 Å². The van der Waals surface area contributed by atoms with Crippen molar-refractivity contribution in [3.8, 4) is 0 Å². The molecular weight excluding hydrogens is 400 g/mol. The van der Waals surface area contributed by atoms with Gasteiger partial charge in [0.1, 0.15) is 0 Å². The van der Waals surface area contributed by atoms with Crippen molar-refractivity contribution in [1.82, 2.24) is 20.4 Å². The lowest BCUT2D eigenvalue weighted by Crippen LogP contribution is -2.38. The number of carbonyl (C=O) groups excluding carboxylic acids is 2. The number of carbonyl (C=O) groups is 2. The molecule has 0 radical (unpaired) electrons. The highest BCUT2D eigenvalue weighted by molar-refractivity contribution is 5.94. The molecule has 1 aliphatic carbocycles. The summed E-state index contributed by atoms with van der Waals surface area (Å²) in [6.07, 6.45) is 4.10. The fourth-order valence-electron chi connectivity index (χ4n) is 4.91. The van der Waals surface area contributed by atoms with Crippen molar-refractivity contribution < 1.29 is 9.59 Å². The zero-order valence-corrected chi connectivity index (χ0v) is 18.4. The monoisotopic (exact) mass is 428 g/mol. The van der Waals surface area contributed by atoms with Gasteiger partial charge in [0.25, 0.3) is 5.91 Å². The third-order valence-electron chi connectivity index (χ3n) is 6.78. The molecule has 2 heterocycles. The van der Waals surface area contributed by atoms with Crippen LogP contribution >= 0.6 is 0 Å². The number of aromatic nitrogens is 2. The molecule has 1 atom stereocenters. The summed E-state index contributed by atoms with van der Waals surface area (Å²) in [7, 11) is 0. The summed E-state index contributed by atoms with van der Waals surface area (Å²) in [6.45, 7) is 3.08. The van der Waals surface area contributed by atoms with Crippen LogP contribution in [-0.4, -0.2) is 33.5 Å². The van der Waals surface area contributed by atoms with Crippen LogP contribution in [0.3, 0.4) is 0 Å². The third-order valence-corrected chi connectivity index (χ3v) is 6.78. The fourth-order valence-corrected chi connectivity index (χ4v) is 4.91. The van der Waals surface area contributed by atoms with E-state index in [0.29, 0.717) is 31.6 Å². The van der Waals surface area contributed by atoms with Gasteiger partial charge in [-0.25, -0.2) is 0 Å². The molecule has 0 bridgehead atoms. The van der Waals surface area contributed by atoms with Crippen molar-refractivity contribution in [2.45, 2.75) is 51.6 Å². The molecule has 0 spiro atoms. The fraction of sp³-hybridized carbons (Fsp3) is 0.346. The molecule has 6 nitrogen and oxygen atoms in total. The highest BCUT2D eigenvalue weighted by Crippen LogP contribution is 2.30. The van der Waals surface area contributed by atoms with Crippen molar-refractivity contribution in [1.29, 1.82) is 0 Å². The number of amides is 2. The van der Waals surface area contributed by atoms with E-state index in [1.807, 2.05) is 42.2 Å². The number of rotatable bonds is 4. The van der Waals surface area contributed by atoms with Crippen LogP contribution in [0.1, 0.15) is 62.9 Å². The highest BCUT2D eigenvalue weighted by Gasteiger charge is 2.30. The summed E-state index contributed by atoms with van der Waals surface area (Å²) < 4.78 is 0. The number of fused-ring (bicyclic) bond motifs is 2. The molecule has 2 aromatic carbocycles. The van der Waals surface area contributed by atoms with Crippen molar-refractivity contribution in [3.05, 3.63) is 87.7 Å². The molecule has 0 saturated carbocycles. The van der Waals surface area contributed by atoms with E-state index >= 15 is 0 Å². The summed E-state index contributed by atoms with van der Waals surface area (Å²) >= 11 is 0. The molecule has 5 rings (SSSR count). The number of nitrogens with zero attached hydrogens (tertiary/aromatic N) is 2. The molecule has 2 N–H and O–H groups in total. The number of aromatic amines is 1. The summed E-state index contributed by atoms with van der Waals surface area (Å²) in [5.41, 5.74) is 6.89. The van der Waals surface area contributed by atoms with Gasteiger partial charge in [-0.3, -0.25) is 14.7 Å². The second-order valence-corrected chi connectivity index (χ2v) is 8.81. The van der Waals surface area contributed by atoms with Crippen molar-refractivity contribution in [3.63, 3.8) is 0 Å². The largest absolute Gasteiger partial charge is 0.344 e. The Morgan fingerprint density at radius 3 is 2.81 bits per heavy atom. The molecule has 6 heteroatoms. The SMILES string of the molecule is Cc1ccccc1CC(=O)N1CCc2[nH]nc(C(=O)N[C@H]3CCCc4ccccc43)c2C1. The Labute approximate surface area is 188 Å². The van der Waals surface area contributed by atoms with Crippen molar-refractivity contribution in [2.24, 2.45) is 0 Å². The molecule has 164 valence electrons. The third kappa shape index (κ3) is 3.93. The van der Waals surface area contributed by atoms with Crippen LogP contribution in [0.25, 0.3) is 0 Å². The van der Waals surface area contributed by atoms with E-state index in [1.54, 1.807) is 0 Å². The molecule has 32 heavy (non-hydrogen) atoms. The topological polar surface area (TPSA) is 78.1 Å². The number of hydrogen-bond acceptors (Lipinski definition) is 3.